The zero-order valence-corrected chi connectivity index (χ0v) is 12.0. The van der Waals surface area contributed by atoms with Crippen LogP contribution in [0.3, 0.4) is 0 Å². The number of anilines is 1. The Morgan fingerprint density at radius 3 is 2.64 bits per heavy atom. The van der Waals surface area contributed by atoms with Gasteiger partial charge >= 0.3 is 0 Å². The number of nitrogens with zero attached hydrogens (tertiary/aromatic N) is 2. The van der Waals surface area contributed by atoms with E-state index in [1.807, 2.05) is 0 Å². The number of hydrogen-bond acceptors (Lipinski definition) is 5. The van der Waals surface area contributed by atoms with Gasteiger partial charge in [-0.15, -0.1) is 0 Å². The first-order valence-corrected chi connectivity index (χ1v) is 6.43. The number of allylic oxidation sites excluding steroid dienone is 2. The van der Waals surface area contributed by atoms with E-state index in [1.165, 1.54) is 30.6 Å². The second-order valence-corrected chi connectivity index (χ2v) is 4.68. The number of halogens is 3. The van der Waals surface area contributed by atoms with Crippen LogP contribution in [-0.4, -0.2) is 9.97 Å². The summed E-state index contributed by atoms with van der Waals surface area (Å²) in [6, 6.07) is 3.74. The molecule has 1 aromatic heterocycles. The number of aromatic nitrogens is 2. The predicted octanol–water partition coefficient (Wildman–Crippen LogP) is 2.34. The zero-order chi connectivity index (χ0) is 16.3. The lowest BCUT2D eigenvalue weighted by Gasteiger charge is -2.09. The molecule has 8 heteroatoms. The van der Waals surface area contributed by atoms with E-state index in [4.69, 9.17) is 28.8 Å². The van der Waals surface area contributed by atoms with E-state index in [0.29, 0.717) is 5.57 Å². The van der Waals surface area contributed by atoms with Gasteiger partial charge in [0.1, 0.15) is 11.5 Å². The third-order valence-corrected chi connectivity index (χ3v) is 2.88. The fourth-order valence-corrected chi connectivity index (χ4v) is 1.90. The summed E-state index contributed by atoms with van der Waals surface area (Å²) in [7, 11) is 0. The Balaban J connectivity index is 2.61. The molecule has 0 spiro atoms. The summed E-state index contributed by atoms with van der Waals surface area (Å²) >= 11 is 5.60. The van der Waals surface area contributed by atoms with Crippen LogP contribution in [0.4, 0.5) is 14.6 Å². The number of nitrogens with two attached hydrogens (primary N) is 3. The van der Waals surface area contributed by atoms with Crippen LogP contribution in [0.2, 0.25) is 0 Å². The van der Waals surface area contributed by atoms with E-state index in [0.717, 1.165) is 6.07 Å². The fourth-order valence-electron chi connectivity index (χ4n) is 1.79. The van der Waals surface area contributed by atoms with Crippen molar-refractivity contribution in [2.75, 3.05) is 5.73 Å². The van der Waals surface area contributed by atoms with Gasteiger partial charge in [0.2, 0.25) is 0 Å². The normalized spacial score (nSPS) is 12.5. The third-order valence-electron chi connectivity index (χ3n) is 2.77. The van der Waals surface area contributed by atoms with E-state index >= 15 is 0 Å². The molecule has 0 unspecified atom stereocenters. The number of benzene rings is 1. The molecule has 1 heterocycles. The number of hydrogen-bond donors (Lipinski definition) is 3. The standard InChI is InChI=1S/C14H12ClF2N5/c15-11(19)4-7(5-18)13-14(20)21-6-10(22-13)8-2-1-3-9(16)12(8)17/h1-6H,18-19H2,(H2,20,21)/b7-5+,11-4-. The van der Waals surface area contributed by atoms with Crippen LogP contribution in [0.15, 0.2) is 41.8 Å². The first kappa shape index (κ1) is 15.7. The van der Waals surface area contributed by atoms with E-state index in [1.54, 1.807) is 0 Å². The van der Waals surface area contributed by atoms with Crippen molar-refractivity contribution < 1.29 is 8.78 Å². The molecular weight excluding hydrogens is 312 g/mol. The molecule has 0 bridgehead atoms. The second-order valence-electron chi connectivity index (χ2n) is 4.24. The molecule has 0 aliphatic heterocycles. The summed E-state index contributed by atoms with van der Waals surface area (Å²) in [5.41, 5.74) is 17.1. The van der Waals surface area contributed by atoms with Gasteiger partial charge in [0, 0.05) is 17.3 Å². The van der Waals surface area contributed by atoms with Crippen molar-refractivity contribution in [3.05, 3.63) is 59.2 Å². The SMILES string of the molecule is N/C=C(\C=C(/N)Cl)c1nc(-c2cccc(F)c2F)cnc1N. The maximum absolute atomic E-state index is 13.8. The molecule has 2 rings (SSSR count). The maximum Gasteiger partial charge on any atom is 0.168 e. The molecule has 114 valence electrons. The minimum Gasteiger partial charge on any atom is -0.404 e. The molecule has 0 atom stereocenters. The van der Waals surface area contributed by atoms with Crippen molar-refractivity contribution >= 4 is 23.0 Å². The van der Waals surface area contributed by atoms with Crippen LogP contribution < -0.4 is 17.2 Å². The monoisotopic (exact) mass is 323 g/mol. The van der Waals surface area contributed by atoms with Crippen molar-refractivity contribution in [2.24, 2.45) is 11.5 Å². The summed E-state index contributed by atoms with van der Waals surface area (Å²) in [6.07, 6.45) is 3.74. The topological polar surface area (TPSA) is 104 Å². The molecule has 22 heavy (non-hydrogen) atoms. The average molecular weight is 324 g/mol. The van der Waals surface area contributed by atoms with Crippen LogP contribution in [0.1, 0.15) is 5.69 Å². The van der Waals surface area contributed by atoms with Gasteiger partial charge in [-0.05, 0) is 18.2 Å². The summed E-state index contributed by atoms with van der Waals surface area (Å²) < 4.78 is 27.2. The quantitative estimate of drug-likeness (QED) is 0.594. The summed E-state index contributed by atoms with van der Waals surface area (Å²) in [6.45, 7) is 0. The van der Waals surface area contributed by atoms with Crippen molar-refractivity contribution in [2.45, 2.75) is 0 Å². The molecule has 0 amide bonds. The Hall–Kier alpha value is -2.67. The molecular formula is C14H12ClF2N5. The van der Waals surface area contributed by atoms with Crippen LogP contribution in [0.25, 0.3) is 16.8 Å². The third kappa shape index (κ3) is 3.15. The minimum atomic E-state index is -1.03. The highest BCUT2D eigenvalue weighted by Crippen LogP contribution is 2.26. The minimum absolute atomic E-state index is 0.0414. The highest BCUT2D eigenvalue weighted by molar-refractivity contribution is 6.29. The number of rotatable bonds is 3. The molecule has 6 N–H and O–H groups in total. The Morgan fingerprint density at radius 2 is 2.00 bits per heavy atom. The van der Waals surface area contributed by atoms with E-state index < -0.39 is 11.6 Å². The lowest BCUT2D eigenvalue weighted by atomic mass is 10.1. The molecule has 1 aromatic carbocycles. The first-order chi connectivity index (χ1) is 10.4. The molecule has 0 aliphatic rings. The predicted molar refractivity (Wildman–Crippen MR) is 82.1 cm³/mol. The van der Waals surface area contributed by atoms with Gasteiger partial charge < -0.3 is 17.2 Å². The molecule has 2 aromatic rings. The van der Waals surface area contributed by atoms with Crippen molar-refractivity contribution in [1.82, 2.24) is 9.97 Å². The van der Waals surface area contributed by atoms with Crippen LogP contribution >= 0.6 is 11.6 Å². The Morgan fingerprint density at radius 1 is 1.27 bits per heavy atom. The molecule has 0 radical (unpaired) electrons. The average Bonchev–Trinajstić information content (AvgIpc) is 2.48. The van der Waals surface area contributed by atoms with Gasteiger partial charge in [0.25, 0.3) is 0 Å². The molecule has 0 fully saturated rings. The summed E-state index contributed by atoms with van der Waals surface area (Å²) in [4.78, 5) is 8.09. The Bertz CT molecular complexity index is 770. The van der Waals surface area contributed by atoms with Gasteiger partial charge in [-0.2, -0.15) is 0 Å². The van der Waals surface area contributed by atoms with Crippen molar-refractivity contribution in [3.8, 4) is 11.3 Å². The fraction of sp³-hybridized carbons (Fsp3) is 0. The lowest BCUT2D eigenvalue weighted by Crippen LogP contribution is -2.04. The molecule has 0 saturated carbocycles. The maximum atomic E-state index is 13.8. The van der Waals surface area contributed by atoms with Crippen LogP contribution in [-0.2, 0) is 0 Å². The number of nitrogen functional groups attached to an aromatic ring is 1. The van der Waals surface area contributed by atoms with E-state index in [-0.39, 0.29) is 27.9 Å². The van der Waals surface area contributed by atoms with E-state index in [9.17, 15) is 8.78 Å². The molecule has 5 nitrogen and oxygen atoms in total. The van der Waals surface area contributed by atoms with Gasteiger partial charge in [-0.25, -0.2) is 18.7 Å². The van der Waals surface area contributed by atoms with Crippen LogP contribution in [0, 0.1) is 11.6 Å². The largest absolute Gasteiger partial charge is 0.404 e. The second kappa shape index (κ2) is 6.40. The van der Waals surface area contributed by atoms with Gasteiger partial charge in [-0.3, -0.25) is 0 Å². The summed E-state index contributed by atoms with van der Waals surface area (Å²) in [5, 5.41) is -0.0414. The van der Waals surface area contributed by atoms with Gasteiger partial charge in [0.05, 0.1) is 17.0 Å². The molecule has 0 aliphatic carbocycles. The van der Waals surface area contributed by atoms with Gasteiger partial charge in [-0.1, -0.05) is 17.7 Å². The zero-order valence-electron chi connectivity index (χ0n) is 11.2. The Labute approximate surface area is 130 Å². The highest BCUT2D eigenvalue weighted by Gasteiger charge is 2.14. The van der Waals surface area contributed by atoms with Crippen molar-refractivity contribution in [1.29, 1.82) is 0 Å². The highest BCUT2D eigenvalue weighted by atomic mass is 35.5. The summed E-state index contributed by atoms with van der Waals surface area (Å²) in [5.74, 6) is -1.97. The Kier molecular flexibility index (Phi) is 4.57. The van der Waals surface area contributed by atoms with Gasteiger partial charge in [0.15, 0.2) is 11.6 Å². The van der Waals surface area contributed by atoms with Crippen molar-refractivity contribution in [3.63, 3.8) is 0 Å². The van der Waals surface area contributed by atoms with E-state index in [2.05, 4.69) is 9.97 Å². The lowest BCUT2D eigenvalue weighted by molar-refractivity contribution is 0.511. The smallest absolute Gasteiger partial charge is 0.168 e. The van der Waals surface area contributed by atoms with Crippen LogP contribution in [0.5, 0.6) is 0 Å². The first-order valence-electron chi connectivity index (χ1n) is 6.06. The molecule has 0 saturated heterocycles.